The van der Waals surface area contributed by atoms with Crippen LogP contribution in [0.4, 0.5) is 0 Å². The lowest BCUT2D eigenvalue weighted by atomic mass is 10.4. The lowest BCUT2D eigenvalue weighted by molar-refractivity contribution is -0.129. The lowest BCUT2D eigenvalue weighted by Gasteiger charge is -1.78. The van der Waals surface area contributed by atoms with E-state index in [1.165, 1.54) is 0 Å². The predicted octanol–water partition coefficient (Wildman–Crippen LogP) is -0.575. The average Bonchev–Trinajstić information content (AvgIpc) is 1.69. The highest BCUT2D eigenvalue weighted by molar-refractivity contribution is 6.42. The van der Waals surface area contributed by atoms with E-state index in [-0.39, 0.29) is 0 Å². The third kappa shape index (κ3) is 1.26. The second kappa shape index (κ2) is 2.58. The molecule has 0 spiro atoms. The smallest absolute Gasteiger partial charge is 0.369 e. The van der Waals surface area contributed by atoms with Gasteiger partial charge in [0.15, 0.2) is 0 Å². The van der Waals surface area contributed by atoms with E-state index < -0.39 is 11.7 Å². The summed E-state index contributed by atoms with van der Waals surface area (Å²) in [4.78, 5) is 9.65. The van der Waals surface area contributed by atoms with E-state index in [1.807, 2.05) is 0 Å². The second-order valence-corrected chi connectivity index (χ2v) is 0.866. The van der Waals surface area contributed by atoms with Gasteiger partial charge in [-0.15, -0.1) is 0 Å². The van der Waals surface area contributed by atoms with Gasteiger partial charge in [0, 0.05) is 0 Å². The van der Waals surface area contributed by atoms with Crippen LogP contribution in [0.15, 0.2) is 5.16 Å². The molecule has 0 aromatic heterocycles. The van der Waals surface area contributed by atoms with E-state index in [0.29, 0.717) is 0 Å². The molecule has 0 radical (unpaired) electrons. The first-order chi connectivity index (χ1) is 3.72. The van der Waals surface area contributed by atoms with Gasteiger partial charge in [0.25, 0.3) is 5.71 Å². The van der Waals surface area contributed by atoms with Crippen LogP contribution >= 0.6 is 0 Å². The molecule has 0 fully saturated rings. The third-order valence-electron chi connectivity index (χ3n) is 0.408. The monoisotopic (exact) mass is 114 g/mol. The van der Waals surface area contributed by atoms with Gasteiger partial charge in [-0.05, 0) is 0 Å². The molecule has 0 amide bonds. The Balaban J connectivity index is 4.20. The average molecular weight is 114 g/mol. The topological polar surface area (TPSA) is 93.7 Å². The highest BCUT2D eigenvalue weighted by Gasteiger charge is 2.06. The van der Waals surface area contributed by atoms with Crippen molar-refractivity contribution in [3.63, 3.8) is 0 Å². The number of carbonyl (C=O) groups is 1. The Morgan fingerprint density at radius 2 is 2.25 bits per heavy atom. The van der Waals surface area contributed by atoms with Crippen LogP contribution in [0.5, 0.6) is 0 Å². The van der Waals surface area contributed by atoms with Gasteiger partial charge in [0.2, 0.25) is 0 Å². The van der Waals surface area contributed by atoms with Crippen molar-refractivity contribution >= 4 is 11.7 Å². The lowest BCUT2D eigenvalue weighted by Crippen LogP contribution is -2.09. The molecule has 5 heteroatoms. The van der Waals surface area contributed by atoms with Crippen molar-refractivity contribution in [1.29, 1.82) is 5.26 Å². The molecule has 0 aliphatic rings. The van der Waals surface area contributed by atoms with Gasteiger partial charge in [-0.25, -0.2) is 4.79 Å². The summed E-state index contributed by atoms with van der Waals surface area (Å²) >= 11 is 0. The summed E-state index contributed by atoms with van der Waals surface area (Å²) in [5.74, 6) is -1.53. The van der Waals surface area contributed by atoms with Crippen molar-refractivity contribution in [2.75, 3.05) is 0 Å². The zero-order valence-corrected chi connectivity index (χ0v) is 3.70. The van der Waals surface area contributed by atoms with Crippen LogP contribution < -0.4 is 0 Å². The maximum absolute atomic E-state index is 9.65. The molecule has 2 N–H and O–H groups in total. The minimum absolute atomic E-state index is 0.912. The van der Waals surface area contributed by atoms with Crippen LogP contribution in [-0.2, 0) is 4.79 Å². The van der Waals surface area contributed by atoms with Gasteiger partial charge in [-0.1, -0.05) is 5.16 Å². The molecule has 0 aromatic carbocycles. The first-order valence-electron chi connectivity index (χ1n) is 1.57. The van der Waals surface area contributed by atoms with E-state index in [1.54, 1.807) is 0 Å². The first kappa shape index (κ1) is 6.43. The van der Waals surface area contributed by atoms with Gasteiger partial charge in [0.1, 0.15) is 6.07 Å². The molecule has 0 saturated heterocycles. The molecule has 0 rings (SSSR count). The molecule has 0 aliphatic carbocycles. The van der Waals surface area contributed by atoms with E-state index in [4.69, 9.17) is 15.6 Å². The summed E-state index contributed by atoms with van der Waals surface area (Å²) in [6.07, 6.45) is 0. The predicted molar refractivity (Wildman–Crippen MR) is 22.5 cm³/mol. The van der Waals surface area contributed by atoms with Gasteiger partial charge in [-0.2, -0.15) is 5.26 Å². The number of carboxylic acids is 1. The third-order valence-corrected chi connectivity index (χ3v) is 0.408. The van der Waals surface area contributed by atoms with Crippen molar-refractivity contribution in [3.05, 3.63) is 0 Å². The Hall–Kier alpha value is -1.57. The highest BCUT2D eigenvalue weighted by Crippen LogP contribution is 1.71. The highest BCUT2D eigenvalue weighted by atomic mass is 16.4. The summed E-state index contributed by atoms with van der Waals surface area (Å²) in [5.41, 5.74) is -0.912. The van der Waals surface area contributed by atoms with E-state index in [2.05, 4.69) is 5.16 Å². The Bertz CT molecular complexity index is 166. The van der Waals surface area contributed by atoms with Gasteiger partial charge >= 0.3 is 5.97 Å². The fourth-order valence-corrected chi connectivity index (χ4v) is 0.113. The van der Waals surface area contributed by atoms with E-state index >= 15 is 0 Å². The SMILES string of the molecule is N#CC(=NO)C(=O)O. The zero-order valence-electron chi connectivity index (χ0n) is 3.70. The van der Waals surface area contributed by atoms with Crippen molar-refractivity contribution in [1.82, 2.24) is 0 Å². The minimum atomic E-state index is -1.53. The van der Waals surface area contributed by atoms with Crippen LogP contribution in [0.2, 0.25) is 0 Å². The molecular weight excluding hydrogens is 112 g/mol. The second-order valence-electron chi connectivity index (χ2n) is 0.866. The molecule has 0 aromatic rings. The Morgan fingerprint density at radius 3 is 2.25 bits per heavy atom. The number of carboxylic acid groups (broad SMARTS) is 1. The zero-order chi connectivity index (χ0) is 6.57. The van der Waals surface area contributed by atoms with Crippen LogP contribution in [0.25, 0.3) is 0 Å². The maximum Gasteiger partial charge on any atom is 0.369 e. The van der Waals surface area contributed by atoms with Gasteiger partial charge in [0.05, 0.1) is 0 Å². The van der Waals surface area contributed by atoms with Crippen LogP contribution in [0.1, 0.15) is 0 Å². The van der Waals surface area contributed by atoms with Crippen molar-refractivity contribution in [3.8, 4) is 6.07 Å². The fraction of sp³-hybridized carbons (Fsp3) is 0. The Kier molecular flexibility index (Phi) is 2.07. The molecule has 0 heterocycles. The van der Waals surface area contributed by atoms with Crippen LogP contribution in [0, 0.1) is 11.3 Å². The number of oxime groups is 1. The number of nitrogens with zero attached hydrogens (tertiary/aromatic N) is 2. The molecule has 0 atom stereocenters. The Morgan fingerprint density at radius 1 is 1.75 bits per heavy atom. The van der Waals surface area contributed by atoms with Crippen LogP contribution in [0.3, 0.4) is 0 Å². The molecule has 5 nitrogen and oxygen atoms in total. The summed E-state index contributed by atoms with van der Waals surface area (Å²) in [6.45, 7) is 0. The number of hydrogen-bond acceptors (Lipinski definition) is 4. The molecule has 0 bridgehead atoms. The van der Waals surface area contributed by atoms with Crippen molar-refractivity contribution < 1.29 is 15.1 Å². The minimum Gasteiger partial charge on any atom is -0.476 e. The molecule has 8 heavy (non-hydrogen) atoms. The van der Waals surface area contributed by atoms with Crippen LogP contribution in [-0.4, -0.2) is 22.0 Å². The van der Waals surface area contributed by atoms with Gasteiger partial charge in [-0.3, -0.25) is 0 Å². The molecule has 0 saturated carbocycles. The van der Waals surface area contributed by atoms with E-state index in [0.717, 1.165) is 6.07 Å². The van der Waals surface area contributed by atoms with E-state index in [9.17, 15) is 4.79 Å². The first-order valence-corrected chi connectivity index (χ1v) is 1.57. The standard InChI is InChI=1S/C3H2N2O3/c4-1-2(5-8)3(6)7/h8H,(H,6,7). The summed E-state index contributed by atoms with van der Waals surface area (Å²) in [5, 5.41) is 25.5. The largest absolute Gasteiger partial charge is 0.476 e. The van der Waals surface area contributed by atoms with Crippen molar-refractivity contribution in [2.45, 2.75) is 0 Å². The maximum atomic E-state index is 9.65. The number of hydrogen-bond donors (Lipinski definition) is 2. The number of rotatable bonds is 1. The normalized spacial score (nSPS) is 10.1. The molecule has 0 unspecified atom stereocenters. The number of aliphatic carboxylic acids is 1. The van der Waals surface area contributed by atoms with Crippen molar-refractivity contribution in [2.24, 2.45) is 5.16 Å². The molecular formula is C3H2N2O3. The fourth-order valence-electron chi connectivity index (χ4n) is 0.113. The quantitative estimate of drug-likeness (QED) is 0.271. The Labute approximate surface area is 44.5 Å². The number of nitriles is 1. The van der Waals surface area contributed by atoms with Gasteiger partial charge < -0.3 is 10.3 Å². The molecule has 0 aliphatic heterocycles. The summed E-state index contributed by atoms with van der Waals surface area (Å²) in [6, 6.07) is 1.15. The summed E-state index contributed by atoms with van der Waals surface area (Å²) in [7, 11) is 0. The molecule has 42 valence electrons. The summed E-state index contributed by atoms with van der Waals surface area (Å²) < 4.78 is 0.